The molecular weight excluding hydrogens is 230 g/mol. The number of carbonyl (C=O) groups is 1. The van der Waals surface area contributed by atoms with E-state index in [0.717, 1.165) is 5.56 Å². The Morgan fingerprint density at radius 3 is 3.00 bits per heavy atom. The molecule has 0 saturated carbocycles. The van der Waals surface area contributed by atoms with Crippen molar-refractivity contribution in [3.8, 4) is 0 Å². The van der Waals surface area contributed by atoms with Gasteiger partial charge in [-0.15, -0.1) is 5.10 Å². The molecule has 0 atom stereocenters. The van der Waals surface area contributed by atoms with E-state index in [1.54, 1.807) is 6.07 Å². The minimum absolute atomic E-state index is 0.144. The van der Waals surface area contributed by atoms with Gasteiger partial charge in [0.05, 0.1) is 0 Å². The van der Waals surface area contributed by atoms with E-state index in [4.69, 9.17) is 5.73 Å². The molecule has 0 aliphatic rings. The molecule has 6 nitrogen and oxygen atoms in total. The number of aromatic amines is 1. The maximum absolute atomic E-state index is 11.9. The van der Waals surface area contributed by atoms with Crippen LogP contribution >= 0.6 is 0 Å². The first-order chi connectivity index (χ1) is 8.72. The van der Waals surface area contributed by atoms with Crippen LogP contribution in [-0.2, 0) is 13.0 Å². The second kappa shape index (κ2) is 5.42. The standard InChI is InChI=1S/C12H15N5O/c1-2-10-15-11(17-16-10)12(18)14-9-5-3-4-8(6-9)7-13/h3-6H,2,7,13H2,1H3,(H,14,18)(H,15,16,17). The van der Waals surface area contributed by atoms with Crippen LogP contribution in [0.15, 0.2) is 24.3 Å². The topological polar surface area (TPSA) is 96.7 Å². The summed E-state index contributed by atoms with van der Waals surface area (Å²) in [6.07, 6.45) is 0.711. The zero-order valence-electron chi connectivity index (χ0n) is 10.1. The number of aromatic nitrogens is 3. The quantitative estimate of drug-likeness (QED) is 0.750. The number of nitrogens with two attached hydrogens (primary N) is 1. The minimum Gasteiger partial charge on any atom is -0.326 e. The van der Waals surface area contributed by atoms with Gasteiger partial charge >= 0.3 is 0 Å². The van der Waals surface area contributed by atoms with E-state index >= 15 is 0 Å². The fourth-order valence-corrected chi connectivity index (χ4v) is 1.52. The van der Waals surface area contributed by atoms with Gasteiger partial charge < -0.3 is 11.1 Å². The molecule has 0 saturated heterocycles. The summed E-state index contributed by atoms with van der Waals surface area (Å²) in [4.78, 5) is 15.9. The van der Waals surface area contributed by atoms with Crippen LogP contribution in [0, 0.1) is 0 Å². The van der Waals surface area contributed by atoms with Gasteiger partial charge in [0.15, 0.2) is 0 Å². The molecule has 0 unspecified atom stereocenters. The van der Waals surface area contributed by atoms with Gasteiger partial charge in [0, 0.05) is 18.7 Å². The second-order valence-electron chi connectivity index (χ2n) is 3.82. The van der Waals surface area contributed by atoms with E-state index in [0.29, 0.717) is 24.5 Å². The molecule has 0 radical (unpaired) electrons. The van der Waals surface area contributed by atoms with Gasteiger partial charge in [-0.2, -0.15) is 0 Å². The number of H-pyrrole nitrogens is 1. The molecular formula is C12H15N5O. The van der Waals surface area contributed by atoms with Crippen molar-refractivity contribution in [3.63, 3.8) is 0 Å². The smallest absolute Gasteiger partial charge is 0.295 e. The highest BCUT2D eigenvalue weighted by Gasteiger charge is 2.11. The van der Waals surface area contributed by atoms with Crippen molar-refractivity contribution in [2.75, 3.05) is 5.32 Å². The lowest BCUT2D eigenvalue weighted by molar-refractivity contribution is 0.101. The summed E-state index contributed by atoms with van der Waals surface area (Å²) in [6, 6.07) is 7.36. The van der Waals surface area contributed by atoms with Crippen molar-refractivity contribution in [2.24, 2.45) is 5.73 Å². The molecule has 2 aromatic rings. The van der Waals surface area contributed by atoms with Crippen molar-refractivity contribution in [2.45, 2.75) is 19.9 Å². The van der Waals surface area contributed by atoms with Crippen LogP contribution in [0.25, 0.3) is 0 Å². The van der Waals surface area contributed by atoms with Crippen LogP contribution in [0.3, 0.4) is 0 Å². The molecule has 0 spiro atoms. The zero-order valence-corrected chi connectivity index (χ0v) is 10.1. The lowest BCUT2D eigenvalue weighted by Gasteiger charge is -2.04. The number of nitrogens with zero attached hydrogens (tertiary/aromatic N) is 2. The summed E-state index contributed by atoms with van der Waals surface area (Å²) in [6.45, 7) is 2.37. The van der Waals surface area contributed by atoms with Crippen LogP contribution in [0.2, 0.25) is 0 Å². The summed E-state index contributed by atoms with van der Waals surface area (Å²) in [7, 11) is 0. The highest BCUT2D eigenvalue weighted by atomic mass is 16.2. The first-order valence-electron chi connectivity index (χ1n) is 5.74. The number of amides is 1. The molecule has 0 aliphatic heterocycles. The summed E-state index contributed by atoms with van der Waals surface area (Å²) >= 11 is 0. The summed E-state index contributed by atoms with van der Waals surface area (Å²) in [5.74, 6) is 0.501. The third-order valence-corrected chi connectivity index (χ3v) is 2.49. The van der Waals surface area contributed by atoms with Crippen molar-refractivity contribution in [1.82, 2.24) is 15.2 Å². The lowest BCUT2D eigenvalue weighted by Crippen LogP contribution is -2.14. The van der Waals surface area contributed by atoms with Gasteiger partial charge in [-0.25, -0.2) is 4.98 Å². The van der Waals surface area contributed by atoms with Gasteiger partial charge in [-0.05, 0) is 17.7 Å². The van der Waals surface area contributed by atoms with Crippen molar-refractivity contribution in [3.05, 3.63) is 41.5 Å². The molecule has 0 aliphatic carbocycles. The average molecular weight is 245 g/mol. The SMILES string of the molecule is CCc1nc(C(=O)Nc2cccc(CN)c2)n[nH]1. The molecule has 94 valence electrons. The first kappa shape index (κ1) is 12.3. The highest BCUT2D eigenvalue weighted by molar-refractivity contribution is 6.01. The Bertz CT molecular complexity index is 549. The zero-order chi connectivity index (χ0) is 13.0. The number of hydrogen-bond donors (Lipinski definition) is 3. The number of nitrogens with one attached hydrogen (secondary N) is 2. The predicted molar refractivity (Wildman–Crippen MR) is 68.0 cm³/mol. The summed E-state index contributed by atoms with van der Waals surface area (Å²) < 4.78 is 0. The van der Waals surface area contributed by atoms with Crippen LogP contribution < -0.4 is 11.1 Å². The van der Waals surface area contributed by atoms with Crippen molar-refractivity contribution >= 4 is 11.6 Å². The first-order valence-corrected chi connectivity index (χ1v) is 5.74. The third kappa shape index (κ3) is 2.72. The molecule has 0 bridgehead atoms. The largest absolute Gasteiger partial charge is 0.326 e. The fraction of sp³-hybridized carbons (Fsp3) is 0.250. The van der Waals surface area contributed by atoms with E-state index in [2.05, 4.69) is 20.5 Å². The molecule has 18 heavy (non-hydrogen) atoms. The Labute approximate surface area is 105 Å². The Hall–Kier alpha value is -2.21. The van der Waals surface area contributed by atoms with Gasteiger partial charge in [-0.3, -0.25) is 9.89 Å². The maximum Gasteiger partial charge on any atom is 0.295 e. The van der Waals surface area contributed by atoms with Crippen LogP contribution in [0.5, 0.6) is 0 Å². The summed E-state index contributed by atoms with van der Waals surface area (Å²) in [5, 5.41) is 9.29. The Morgan fingerprint density at radius 2 is 2.33 bits per heavy atom. The number of rotatable bonds is 4. The number of benzene rings is 1. The van der Waals surface area contributed by atoms with Gasteiger partial charge in [-0.1, -0.05) is 19.1 Å². The van der Waals surface area contributed by atoms with E-state index in [1.807, 2.05) is 25.1 Å². The molecule has 1 amide bonds. The Morgan fingerprint density at radius 1 is 1.50 bits per heavy atom. The lowest BCUT2D eigenvalue weighted by atomic mass is 10.2. The molecule has 1 aromatic carbocycles. The average Bonchev–Trinajstić information content (AvgIpc) is 2.88. The number of carbonyl (C=O) groups excluding carboxylic acids is 1. The molecule has 6 heteroatoms. The van der Waals surface area contributed by atoms with E-state index in [-0.39, 0.29) is 11.7 Å². The third-order valence-electron chi connectivity index (χ3n) is 2.49. The normalized spacial score (nSPS) is 10.3. The van der Waals surface area contributed by atoms with Crippen LogP contribution in [0.4, 0.5) is 5.69 Å². The van der Waals surface area contributed by atoms with Crippen molar-refractivity contribution in [1.29, 1.82) is 0 Å². The monoisotopic (exact) mass is 245 g/mol. The summed E-state index contributed by atoms with van der Waals surface area (Å²) in [5.41, 5.74) is 7.18. The van der Waals surface area contributed by atoms with E-state index < -0.39 is 0 Å². The molecule has 1 aromatic heterocycles. The fourth-order valence-electron chi connectivity index (χ4n) is 1.52. The maximum atomic E-state index is 11.9. The van der Waals surface area contributed by atoms with Gasteiger partial charge in [0.1, 0.15) is 5.82 Å². The van der Waals surface area contributed by atoms with Crippen LogP contribution in [0.1, 0.15) is 28.9 Å². The predicted octanol–water partition coefficient (Wildman–Crippen LogP) is 1.08. The molecule has 0 fully saturated rings. The number of hydrogen-bond acceptors (Lipinski definition) is 4. The van der Waals surface area contributed by atoms with E-state index in [9.17, 15) is 4.79 Å². The Balaban J connectivity index is 2.10. The number of anilines is 1. The van der Waals surface area contributed by atoms with Gasteiger partial charge in [0.25, 0.3) is 5.91 Å². The van der Waals surface area contributed by atoms with Crippen LogP contribution in [-0.4, -0.2) is 21.1 Å². The van der Waals surface area contributed by atoms with E-state index in [1.165, 1.54) is 0 Å². The molecule has 4 N–H and O–H groups in total. The molecule has 2 rings (SSSR count). The number of aryl methyl sites for hydroxylation is 1. The highest BCUT2D eigenvalue weighted by Crippen LogP contribution is 2.11. The second-order valence-corrected chi connectivity index (χ2v) is 3.82. The molecule has 1 heterocycles. The van der Waals surface area contributed by atoms with Crippen molar-refractivity contribution < 1.29 is 4.79 Å². The minimum atomic E-state index is -0.333. The Kier molecular flexibility index (Phi) is 3.69. The van der Waals surface area contributed by atoms with Gasteiger partial charge in [0.2, 0.25) is 5.82 Å².